The molecular weight excluding hydrogens is 394 g/mol. The first kappa shape index (κ1) is 19.3. The van der Waals surface area contributed by atoms with Crippen molar-refractivity contribution in [2.24, 2.45) is 17.8 Å². The fraction of sp³-hybridized carbons (Fsp3) is 0.800. The first-order chi connectivity index (χ1) is 13.8. The van der Waals surface area contributed by atoms with E-state index in [4.69, 9.17) is 11.6 Å². The van der Waals surface area contributed by atoms with E-state index in [-0.39, 0.29) is 23.3 Å². The van der Waals surface area contributed by atoms with Crippen LogP contribution in [0.3, 0.4) is 0 Å². The van der Waals surface area contributed by atoms with E-state index in [9.17, 15) is 14.9 Å². The number of carbonyl (C=O) groups excluding carboxylic acids is 1. The monoisotopic (exact) mass is 421 g/mol. The van der Waals surface area contributed by atoms with Crippen LogP contribution in [0.1, 0.15) is 44.2 Å². The number of halogens is 1. The summed E-state index contributed by atoms with van der Waals surface area (Å²) in [7, 11) is 0. The molecule has 1 amide bonds. The molecule has 5 aliphatic rings. The van der Waals surface area contributed by atoms with Gasteiger partial charge in [0.25, 0.3) is 0 Å². The van der Waals surface area contributed by atoms with Crippen LogP contribution in [-0.2, 0) is 11.3 Å². The highest BCUT2D eigenvalue weighted by Gasteiger charge is 2.53. The first-order valence-electron chi connectivity index (χ1n) is 10.7. The van der Waals surface area contributed by atoms with E-state index in [0.29, 0.717) is 11.2 Å². The summed E-state index contributed by atoms with van der Waals surface area (Å²) < 4.78 is 1.36. The topological polar surface area (TPSA) is 84.5 Å². The zero-order valence-electron chi connectivity index (χ0n) is 16.8. The predicted octanol–water partition coefficient (Wildman–Crippen LogP) is 2.87. The average molecular weight is 422 g/mol. The van der Waals surface area contributed by atoms with E-state index in [2.05, 4.69) is 10.00 Å². The number of carbonyl (C=O) groups is 1. The molecule has 9 heteroatoms. The van der Waals surface area contributed by atoms with Crippen LogP contribution in [0.15, 0.2) is 0 Å². The predicted molar refractivity (Wildman–Crippen MR) is 108 cm³/mol. The first-order valence-corrected chi connectivity index (χ1v) is 11.1. The van der Waals surface area contributed by atoms with Crippen LogP contribution < -0.4 is 0 Å². The molecule has 2 heterocycles. The highest BCUT2D eigenvalue weighted by Crippen LogP contribution is 2.57. The zero-order chi connectivity index (χ0) is 20.3. The van der Waals surface area contributed by atoms with Crippen molar-refractivity contribution in [3.8, 4) is 0 Å². The Labute approximate surface area is 175 Å². The maximum Gasteiger partial charge on any atom is 0.408 e. The maximum absolute atomic E-state index is 12.8. The molecule has 8 nitrogen and oxygen atoms in total. The zero-order valence-corrected chi connectivity index (χ0v) is 17.6. The normalized spacial score (nSPS) is 34.0. The fourth-order valence-corrected chi connectivity index (χ4v) is 7.09. The Kier molecular flexibility index (Phi) is 4.62. The lowest BCUT2D eigenvalue weighted by atomic mass is 9.52. The summed E-state index contributed by atoms with van der Waals surface area (Å²) in [6.07, 6.45) is 8.37. The minimum absolute atomic E-state index is 0.00322. The lowest BCUT2D eigenvalue weighted by molar-refractivity contribution is -0.389. The number of amides is 1. The number of nitrogens with zero attached hydrogens (tertiary/aromatic N) is 5. The lowest BCUT2D eigenvalue weighted by Gasteiger charge is -2.61. The van der Waals surface area contributed by atoms with Gasteiger partial charge in [-0.15, -0.1) is 0 Å². The summed E-state index contributed by atoms with van der Waals surface area (Å²) >= 11 is 5.99. The lowest BCUT2D eigenvalue weighted by Crippen LogP contribution is -2.64. The van der Waals surface area contributed by atoms with Crippen LogP contribution in [0.25, 0.3) is 0 Å². The Morgan fingerprint density at radius 2 is 1.69 bits per heavy atom. The summed E-state index contributed by atoms with van der Waals surface area (Å²) in [6.45, 7) is 4.94. The number of rotatable bonds is 4. The molecule has 4 aliphatic carbocycles. The molecule has 0 radical (unpaired) electrons. The fourth-order valence-electron chi connectivity index (χ4n) is 6.89. The molecule has 0 unspecified atom stereocenters. The van der Waals surface area contributed by atoms with Crippen molar-refractivity contribution in [3.63, 3.8) is 0 Å². The Morgan fingerprint density at radius 1 is 1.14 bits per heavy atom. The highest BCUT2D eigenvalue weighted by molar-refractivity contribution is 6.33. The molecule has 4 saturated carbocycles. The van der Waals surface area contributed by atoms with Crippen LogP contribution in [0, 0.1) is 34.8 Å². The Balaban J connectivity index is 1.22. The largest absolute Gasteiger partial charge is 0.408 e. The molecule has 0 spiro atoms. The van der Waals surface area contributed by atoms with E-state index < -0.39 is 4.92 Å². The molecule has 0 aromatic carbocycles. The molecule has 1 aromatic heterocycles. The van der Waals surface area contributed by atoms with Gasteiger partial charge >= 0.3 is 5.82 Å². The third kappa shape index (κ3) is 3.24. The van der Waals surface area contributed by atoms with Gasteiger partial charge in [0.05, 0.1) is 10.8 Å². The summed E-state index contributed by atoms with van der Waals surface area (Å²) in [4.78, 5) is 27.8. The van der Waals surface area contributed by atoms with Crippen LogP contribution in [-0.4, -0.2) is 62.1 Å². The van der Waals surface area contributed by atoms with Crippen molar-refractivity contribution < 1.29 is 9.72 Å². The maximum atomic E-state index is 12.8. The molecule has 1 aromatic rings. The second-order valence-corrected chi connectivity index (χ2v) is 10.0. The summed E-state index contributed by atoms with van der Waals surface area (Å²) in [5, 5.41) is 14.9. The van der Waals surface area contributed by atoms with Gasteiger partial charge in [0.2, 0.25) is 5.91 Å². The molecule has 5 fully saturated rings. The van der Waals surface area contributed by atoms with Crippen molar-refractivity contribution in [1.29, 1.82) is 0 Å². The van der Waals surface area contributed by atoms with Gasteiger partial charge in [0.1, 0.15) is 6.54 Å². The molecule has 158 valence electrons. The number of piperazine rings is 1. The number of hydrogen-bond donors (Lipinski definition) is 0. The molecule has 29 heavy (non-hydrogen) atoms. The van der Waals surface area contributed by atoms with Crippen LogP contribution in [0.4, 0.5) is 5.82 Å². The summed E-state index contributed by atoms with van der Waals surface area (Å²) in [5.41, 5.74) is 0.843. The van der Waals surface area contributed by atoms with Crippen molar-refractivity contribution >= 4 is 23.3 Å². The third-order valence-electron chi connectivity index (χ3n) is 7.88. The quantitative estimate of drug-likeness (QED) is 0.551. The van der Waals surface area contributed by atoms with Crippen molar-refractivity contribution in [2.75, 3.05) is 26.2 Å². The average Bonchev–Trinajstić information content (AvgIpc) is 2.96. The van der Waals surface area contributed by atoms with Crippen LogP contribution in [0.2, 0.25) is 5.02 Å². The molecule has 1 aliphatic heterocycles. The van der Waals surface area contributed by atoms with Crippen molar-refractivity contribution in [3.05, 3.63) is 20.8 Å². The molecule has 1 saturated heterocycles. The van der Waals surface area contributed by atoms with Crippen LogP contribution in [0.5, 0.6) is 0 Å². The Bertz CT molecular complexity index is 810. The Hall–Kier alpha value is -1.67. The van der Waals surface area contributed by atoms with Gasteiger partial charge in [-0.05, 0) is 68.1 Å². The summed E-state index contributed by atoms with van der Waals surface area (Å²) in [6, 6.07) is 0. The minimum Gasteiger partial charge on any atom is -0.358 e. The molecular formula is C20H28ClN5O3. The number of nitro groups is 1. The van der Waals surface area contributed by atoms with Gasteiger partial charge in [0, 0.05) is 31.7 Å². The number of aromatic nitrogens is 2. The van der Waals surface area contributed by atoms with E-state index in [1.165, 1.54) is 43.2 Å². The van der Waals surface area contributed by atoms with E-state index in [1.54, 1.807) is 6.92 Å². The van der Waals surface area contributed by atoms with E-state index in [1.807, 2.05) is 4.90 Å². The van der Waals surface area contributed by atoms with Gasteiger partial charge in [-0.1, -0.05) is 11.6 Å². The number of hydrogen-bond acceptors (Lipinski definition) is 5. The minimum atomic E-state index is -0.611. The second-order valence-electron chi connectivity index (χ2n) is 9.65. The molecule has 6 rings (SSSR count). The molecule has 0 atom stereocenters. The molecule has 4 bridgehead atoms. The van der Waals surface area contributed by atoms with Gasteiger partial charge in [-0.25, -0.2) is 0 Å². The van der Waals surface area contributed by atoms with Crippen molar-refractivity contribution in [2.45, 2.75) is 57.5 Å². The SMILES string of the molecule is Cc1c(Cl)c([N+](=O)[O-])nn1CC(=O)N1CCN(C23CC4CC(CC(C4)C2)C3)CC1. The molecule has 0 N–H and O–H groups in total. The van der Waals surface area contributed by atoms with Crippen molar-refractivity contribution in [1.82, 2.24) is 19.6 Å². The van der Waals surface area contributed by atoms with Gasteiger partial charge in [-0.2, -0.15) is 4.68 Å². The third-order valence-corrected chi connectivity index (χ3v) is 8.33. The van der Waals surface area contributed by atoms with E-state index >= 15 is 0 Å². The smallest absolute Gasteiger partial charge is 0.358 e. The second kappa shape index (κ2) is 6.94. The van der Waals surface area contributed by atoms with E-state index in [0.717, 1.165) is 43.9 Å². The highest BCUT2D eigenvalue weighted by atomic mass is 35.5. The summed E-state index contributed by atoms with van der Waals surface area (Å²) in [5.74, 6) is 2.33. The van der Waals surface area contributed by atoms with Gasteiger partial charge in [-0.3, -0.25) is 9.69 Å². The van der Waals surface area contributed by atoms with Crippen LogP contribution >= 0.6 is 11.6 Å². The van der Waals surface area contributed by atoms with Gasteiger partial charge in [0.15, 0.2) is 5.02 Å². The van der Waals surface area contributed by atoms with Gasteiger partial charge < -0.3 is 15.0 Å². The standard InChI is InChI=1S/C20H28ClN5O3/c1-13-18(21)19(26(28)29)22-25(13)12-17(27)23-2-4-24(5-3-23)20-9-14-6-15(10-20)8-16(7-14)11-20/h14-16H,2-12H2,1H3. The Morgan fingerprint density at radius 3 is 2.17 bits per heavy atom.